The van der Waals surface area contributed by atoms with Gasteiger partial charge in [-0.3, -0.25) is 4.57 Å². The Morgan fingerprint density at radius 2 is 2.11 bits per heavy atom. The summed E-state index contributed by atoms with van der Waals surface area (Å²) in [6, 6.07) is 0. The molecule has 0 saturated carbocycles. The third-order valence-corrected chi connectivity index (χ3v) is 3.37. The Morgan fingerprint density at radius 1 is 1.33 bits per heavy atom. The molecule has 4 N–H and O–H groups in total. The predicted octanol–water partition coefficient (Wildman–Crippen LogP) is 0.366. The van der Waals surface area contributed by atoms with Gasteiger partial charge < -0.3 is 20.1 Å². The van der Waals surface area contributed by atoms with Gasteiger partial charge >= 0.3 is 7.60 Å². The van der Waals surface area contributed by atoms with Crippen LogP contribution in [0.2, 0.25) is 0 Å². The maximum atomic E-state index is 10.7. The van der Waals surface area contributed by atoms with Crippen LogP contribution in [0.1, 0.15) is 12.8 Å². The zero-order valence-corrected chi connectivity index (χ0v) is 10.5. The van der Waals surface area contributed by atoms with Crippen molar-refractivity contribution in [2.24, 2.45) is 0 Å². The highest BCUT2D eigenvalue weighted by Crippen LogP contribution is 2.35. The van der Waals surface area contributed by atoms with Crippen LogP contribution in [0.15, 0.2) is 12.5 Å². The minimum absolute atomic E-state index is 0.100. The summed E-state index contributed by atoms with van der Waals surface area (Å²) < 4.78 is 12.5. The molecule has 18 heavy (non-hydrogen) atoms. The van der Waals surface area contributed by atoms with Crippen molar-refractivity contribution in [3.05, 3.63) is 12.5 Å². The van der Waals surface area contributed by atoms with E-state index in [1.807, 2.05) is 0 Å². The van der Waals surface area contributed by atoms with Gasteiger partial charge in [0.15, 0.2) is 5.65 Å². The molecule has 2 rings (SSSR count). The molecule has 0 bridgehead atoms. The fraction of sp³-hybridized carbons (Fsp3) is 0.444. The normalized spacial score (nSPS) is 12.1. The Balaban J connectivity index is 2.00. The van der Waals surface area contributed by atoms with Crippen molar-refractivity contribution in [3.63, 3.8) is 0 Å². The van der Waals surface area contributed by atoms with Crippen LogP contribution in [-0.4, -0.2) is 35.5 Å². The van der Waals surface area contributed by atoms with Crippen molar-refractivity contribution in [1.29, 1.82) is 0 Å². The number of nitrogen functional groups attached to an aromatic ring is 1. The highest BCUT2D eigenvalue weighted by molar-refractivity contribution is 7.51. The van der Waals surface area contributed by atoms with Gasteiger partial charge in [-0.1, -0.05) is 0 Å². The molecule has 0 aliphatic carbocycles. The van der Waals surface area contributed by atoms with Gasteiger partial charge in [-0.05, 0) is 12.8 Å². The van der Waals surface area contributed by atoms with E-state index < -0.39 is 7.60 Å². The van der Waals surface area contributed by atoms with Gasteiger partial charge in [-0.25, -0.2) is 9.97 Å². The molecule has 8 nitrogen and oxygen atoms in total. The number of aromatic nitrogens is 4. The molecule has 0 aliphatic heterocycles. The molecule has 98 valence electrons. The molecule has 9 heteroatoms. The van der Waals surface area contributed by atoms with E-state index in [1.54, 1.807) is 17.1 Å². The lowest BCUT2D eigenvalue weighted by molar-refractivity contribution is 0.370. The first kappa shape index (κ1) is 12.9. The van der Waals surface area contributed by atoms with Gasteiger partial charge in [-0.2, -0.15) is 4.98 Å². The first-order chi connectivity index (χ1) is 8.46. The van der Waals surface area contributed by atoms with Gasteiger partial charge in [-0.15, -0.1) is 0 Å². The number of hydrogen-bond donors (Lipinski definition) is 3. The second-order valence-corrected chi connectivity index (χ2v) is 5.75. The summed E-state index contributed by atoms with van der Waals surface area (Å²) in [6.07, 6.45) is 4.15. The van der Waals surface area contributed by atoms with Crippen LogP contribution in [0, 0.1) is 0 Å². The van der Waals surface area contributed by atoms with Crippen molar-refractivity contribution in [1.82, 2.24) is 19.5 Å². The van der Waals surface area contributed by atoms with Gasteiger partial charge in [0.05, 0.1) is 12.5 Å². The Morgan fingerprint density at radius 3 is 2.83 bits per heavy atom. The first-order valence-corrected chi connectivity index (χ1v) is 7.23. The highest BCUT2D eigenvalue weighted by atomic mass is 31.2. The van der Waals surface area contributed by atoms with E-state index >= 15 is 0 Å². The second kappa shape index (κ2) is 5.01. The van der Waals surface area contributed by atoms with Crippen LogP contribution in [0.3, 0.4) is 0 Å². The Kier molecular flexibility index (Phi) is 3.60. The number of nitrogens with zero attached hydrogens (tertiary/aromatic N) is 4. The number of unbranched alkanes of at least 4 members (excludes halogenated alkanes) is 1. The molecular formula is C9H14N5O3P. The van der Waals surface area contributed by atoms with Crippen molar-refractivity contribution < 1.29 is 14.4 Å². The predicted molar refractivity (Wildman–Crippen MR) is 65.9 cm³/mol. The van der Waals surface area contributed by atoms with Crippen molar-refractivity contribution in [2.75, 3.05) is 11.9 Å². The van der Waals surface area contributed by atoms with Crippen molar-refractivity contribution in [3.8, 4) is 0 Å². The molecule has 0 aromatic carbocycles. The number of rotatable bonds is 5. The van der Waals surface area contributed by atoms with Crippen LogP contribution in [0.5, 0.6) is 0 Å². The molecule has 0 fully saturated rings. The fourth-order valence-electron chi connectivity index (χ4n) is 1.63. The quantitative estimate of drug-likeness (QED) is 0.529. The average molecular weight is 271 g/mol. The fourth-order valence-corrected chi connectivity index (χ4v) is 2.27. The highest BCUT2D eigenvalue weighted by Gasteiger charge is 2.12. The molecule has 0 aliphatic rings. The number of anilines is 1. The Hall–Kier alpha value is -1.50. The minimum Gasteiger partial charge on any atom is -0.368 e. The zero-order valence-electron chi connectivity index (χ0n) is 9.60. The summed E-state index contributed by atoms with van der Waals surface area (Å²) in [5.74, 6) is 0.180. The molecule has 0 saturated heterocycles. The van der Waals surface area contributed by atoms with E-state index in [2.05, 4.69) is 15.0 Å². The molecule has 2 aromatic rings. The Bertz CT molecular complexity index is 593. The molecule has 0 amide bonds. The molecule has 0 unspecified atom stereocenters. The maximum absolute atomic E-state index is 10.7. The molecule has 0 radical (unpaired) electrons. The van der Waals surface area contributed by atoms with Crippen molar-refractivity contribution >= 4 is 24.7 Å². The molecule has 2 aromatic heterocycles. The van der Waals surface area contributed by atoms with Crippen LogP contribution in [0.25, 0.3) is 11.2 Å². The molecule has 2 heterocycles. The smallest absolute Gasteiger partial charge is 0.325 e. The van der Waals surface area contributed by atoms with Crippen LogP contribution in [-0.2, 0) is 11.1 Å². The third kappa shape index (κ3) is 3.25. The largest absolute Gasteiger partial charge is 0.368 e. The number of imidazole rings is 1. The summed E-state index contributed by atoms with van der Waals surface area (Å²) in [5, 5.41) is 0. The monoisotopic (exact) mass is 271 g/mol. The van der Waals surface area contributed by atoms with Gasteiger partial charge in [0.25, 0.3) is 0 Å². The zero-order chi connectivity index (χ0) is 13.2. The lowest BCUT2D eigenvalue weighted by atomic mass is 10.3. The number of nitrogens with two attached hydrogens (primary N) is 1. The van der Waals surface area contributed by atoms with Crippen LogP contribution >= 0.6 is 7.60 Å². The van der Waals surface area contributed by atoms with Gasteiger partial charge in [0.2, 0.25) is 5.95 Å². The van der Waals surface area contributed by atoms with Crippen molar-refractivity contribution in [2.45, 2.75) is 19.4 Å². The second-order valence-electron chi connectivity index (χ2n) is 3.97. The van der Waals surface area contributed by atoms with E-state index in [0.717, 1.165) is 0 Å². The van der Waals surface area contributed by atoms with E-state index in [0.29, 0.717) is 30.6 Å². The van der Waals surface area contributed by atoms with E-state index in [1.165, 1.54) is 0 Å². The summed E-state index contributed by atoms with van der Waals surface area (Å²) in [7, 11) is -3.90. The molecular weight excluding hydrogens is 257 g/mol. The Labute approximate surface area is 103 Å². The SMILES string of the molecule is Nc1ncc2ncn(CCCCP(=O)(O)O)c2n1. The summed E-state index contributed by atoms with van der Waals surface area (Å²) in [4.78, 5) is 29.5. The summed E-state index contributed by atoms with van der Waals surface area (Å²) in [5.41, 5.74) is 6.79. The summed E-state index contributed by atoms with van der Waals surface area (Å²) >= 11 is 0. The van der Waals surface area contributed by atoms with Crippen LogP contribution < -0.4 is 5.73 Å². The lowest BCUT2D eigenvalue weighted by Crippen LogP contribution is -2.01. The molecule has 0 atom stereocenters. The maximum Gasteiger partial charge on any atom is 0.325 e. The average Bonchev–Trinajstić information content (AvgIpc) is 2.66. The van der Waals surface area contributed by atoms with E-state index in [-0.39, 0.29) is 12.1 Å². The number of aryl methyl sites for hydroxylation is 1. The van der Waals surface area contributed by atoms with Crippen LogP contribution in [0.4, 0.5) is 5.95 Å². The van der Waals surface area contributed by atoms with E-state index in [4.69, 9.17) is 15.5 Å². The standard InChI is InChI=1S/C9H14N5O3P/c10-9-11-5-7-8(13-9)14(6-12-7)3-1-2-4-18(15,16)17/h5-6H,1-4H2,(H2,10,11,13)(H2,15,16,17). The van der Waals surface area contributed by atoms with Gasteiger partial charge in [0.1, 0.15) is 5.52 Å². The lowest BCUT2D eigenvalue weighted by Gasteiger charge is -2.05. The molecule has 0 spiro atoms. The first-order valence-electron chi connectivity index (χ1n) is 5.44. The summed E-state index contributed by atoms with van der Waals surface area (Å²) in [6.45, 7) is 0.590. The number of fused-ring (bicyclic) bond motifs is 1. The van der Waals surface area contributed by atoms with E-state index in [9.17, 15) is 4.57 Å². The van der Waals surface area contributed by atoms with Gasteiger partial charge in [0, 0.05) is 12.7 Å². The topological polar surface area (TPSA) is 127 Å². The third-order valence-electron chi connectivity index (χ3n) is 2.48. The number of hydrogen-bond acceptors (Lipinski definition) is 5. The minimum atomic E-state index is -3.90.